The molecule has 1 aromatic rings. The van der Waals surface area contributed by atoms with Crippen molar-refractivity contribution in [2.45, 2.75) is 63.5 Å². The van der Waals surface area contributed by atoms with Crippen LogP contribution in [0.4, 0.5) is 5.69 Å². The van der Waals surface area contributed by atoms with Crippen LogP contribution in [0.25, 0.3) is 0 Å². The van der Waals surface area contributed by atoms with E-state index < -0.39 is 0 Å². The fourth-order valence-corrected chi connectivity index (χ4v) is 5.41. The predicted molar refractivity (Wildman–Crippen MR) is 128 cm³/mol. The summed E-state index contributed by atoms with van der Waals surface area (Å²) >= 11 is 0. The second-order valence-corrected chi connectivity index (χ2v) is 10.1. The third-order valence-electron chi connectivity index (χ3n) is 7.60. The van der Waals surface area contributed by atoms with Crippen LogP contribution in [0, 0.1) is 5.92 Å². The van der Waals surface area contributed by atoms with Gasteiger partial charge in [0.1, 0.15) is 5.75 Å². The quantitative estimate of drug-likeness (QED) is 0.549. The monoisotopic (exact) mass is 454 g/mol. The van der Waals surface area contributed by atoms with Gasteiger partial charge in [0.05, 0.1) is 17.7 Å². The number of carbonyl (C=O) groups is 2. The summed E-state index contributed by atoms with van der Waals surface area (Å²) in [6.07, 6.45) is 8.88. The molecule has 2 saturated heterocycles. The number of para-hydroxylation sites is 2. The molecule has 33 heavy (non-hydrogen) atoms. The lowest BCUT2D eigenvalue weighted by Crippen LogP contribution is -2.47. The molecule has 180 valence electrons. The third-order valence-corrected chi connectivity index (χ3v) is 7.60. The number of hydrogen-bond donors (Lipinski definition) is 1. The summed E-state index contributed by atoms with van der Waals surface area (Å²) in [6.45, 7) is 6.07. The van der Waals surface area contributed by atoms with E-state index in [1.807, 2.05) is 0 Å². The zero-order chi connectivity index (χ0) is 22.6. The Balaban J connectivity index is 1.05. The Bertz CT molecular complexity index is 829. The van der Waals surface area contributed by atoms with Crippen molar-refractivity contribution in [3.63, 3.8) is 0 Å². The van der Waals surface area contributed by atoms with Crippen molar-refractivity contribution in [3.8, 4) is 5.75 Å². The van der Waals surface area contributed by atoms with Gasteiger partial charge in [0.2, 0.25) is 11.8 Å². The van der Waals surface area contributed by atoms with Gasteiger partial charge in [0.25, 0.3) is 0 Å². The van der Waals surface area contributed by atoms with Crippen LogP contribution < -0.4 is 15.0 Å². The van der Waals surface area contributed by atoms with Gasteiger partial charge in [-0.15, -0.1) is 0 Å². The van der Waals surface area contributed by atoms with Crippen LogP contribution >= 0.6 is 0 Å². The number of benzene rings is 1. The molecule has 4 fully saturated rings. The van der Waals surface area contributed by atoms with E-state index in [1.54, 1.807) is 0 Å². The lowest BCUT2D eigenvalue weighted by atomic mass is 10.1. The van der Waals surface area contributed by atoms with Crippen molar-refractivity contribution >= 4 is 17.5 Å². The summed E-state index contributed by atoms with van der Waals surface area (Å²) in [6, 6.07) is 9.02. The molecule has 0 aromatic heterocycles. The Morgan fingerprint density at radius 1 is 0.939 bits per heavy atom. The first kappa shape index (κ1) is 22.7. The summed E-state index contributed by atoms with van der Waals surface area (Å²) in [5.74, 6) is 0.894. The molecule has 1 atom stereocenters. The van der Waals surface area contributed by atoms with Crippen LogP contribution in [0.1, 0.15) is 51.4 Å². The largest absolute Gasteiger partial charge is 0.488 e. The molecule has 5 rings (SSSR count). The van der Waals surface area contributed by atoms with E-state index in [-0.39, 0.29) is 17.7 Å². The maximum absolute atomic E-state index is 12.6. The van der Waals surface area contributed by atoms with E-state index in [2.05, 4.69) is 39.4 Å². The molecule has 0 spiro atoms. The number of rotatable bonds is 10. The fourth-order valence-electron chi connectivity index (χ4n) is 5.41. The SMILES string of the molecule is O=C1CC(CNC2CC2)C(=O)N1CCCN1CCN(c2ccccc2OC2CCCC2)CC1. The van der Waals surface area contributed by atoms with Crippen molar-refractivity contribution in [2.24, 2.45) is 5.92 Å². The van der Waals surface area contributed by atoms with Crippen LogP contribution in [0.2, 0.25) is 0 Å². The van der Waals surface area contributed by atoms with Gasteiger partial charge in [-0.25, -0.2) is 0 Å². The van der Waals surface area contributed by atoms with Gasteiger partial charge in [-0.1, -0.05) is 12.1 Å². The van der Waals surface area contributed by atoms with E-state index in [0.29, 0.717) is 31.7 Å². The Morgan fingerprint density at radius 3 is 2.45 bits per heavy atom. The van der Waals surface area contributed by atoms with E-state index in [1.165, 1.54) is 49.1 Å². The standard InChI is InChI=1S/C26H38N4O3/c31-25-18-20(19-27-21-10-11-21)26(32)30(25)13-5-12-28-14-16-29(17-15-28)23-8-3-4-9-24(23)33-22-6-1-2-7-22/h3-4,8-9,20-22,27H,1-2,5-7,10-19H2. The highest BCUT2D eigenvalue weighted by Gasteiger charge is 2.38. The van der Waals surface area contributed by atoms with Crippen molar-refractivity contribution in [2.75, 3.05) is 50.7 Å². The van der Waals surface area contributed by atoms with Gasteiger partial charge in [0, 0.05) is 51.7 Å². The molecule has 7 nitrogen and oxygen atoms in total. The van der Waals surface area contributed by atoms with E-state index in [4.69, 9.17) is 4.74 Å². The number of piperazine rings is 1. The third kappa shape index (κ3) is 5.69. The second-order valence-electron chi connectivity index (χ2n) is 10.1. The number of nitrogens with zero attached hydrogens (tertiary/aromatic N) is 3. The zero-order valence-corrected chi connectivity index (χ0v) is 19.7. The minimum absolute atomic E-state index is 0.00582. The molecule has 1 N–H and O–H groups in total. The first-order chi connectivity index (χ1) is 16.2. The number of likely N-dealkylation sites (tertiary alicyclic amines) is 1. The summed E-state index contributed by atoms with van der Waals surface area (Å²) in [7, 11) is 0. The van der Waals surface area contributed by atoms with Gasteiger partial charge in [0.15, 0.2) is 0 Å². The highest BCUT2D eigenvalue weighted by molar-refractivity contribution is 6.03. The normalized spacial score (nSPS) is 24.8. The maximum atomic E-state index is 12.6. The first-order valence-corrected chi connectivity index (χ1v) is 13.0. The first-order valence-electron chi connectivity index (χ1n) is 13.0. The molecular weight excluding hydrogens is 416 g/mol. The van der Waals surface area contributed by atoms with Crippen molar-refractivity contribution in [1.82, 2.24) is 15.1 Å². The fraction of sp³-hybridized carbons (Fsp3) is 0.692. The maximum Gasteiger partial charge on any atom is 0.234 e. The number of nitrogens with one attached hydrogen (secondary N) is 1. The van der Waals surface area contributed by atoms with Crippen LogP contribution in [0.15, 0.2) is 24.3 Å². The smallest absolute Gasteiger partial charge is 0.234 e. The molecule has 1 aromatic carbocycles. The van der Waals surface area contributed by atoms with E-state index in [0.717, 1.165) is 44.9 Å². The zero-order valence-electron chi connectivity index (χ0n) is 19.7. The molecule has 2 amide bonds. The lowest BCUT2D eigenvalue weighted by Gasteiger charge is -2.37. The molecule has 2 aliphatic carbocycles. The Labute approximate surface area is 197 Å². The average Bonchev–Trinajstić information content (AvgIpc) is 3.45. The molecule has 2 aliphatic heterocycles. The molecule has 0 bridgehead atoms. The topological polar surface area (TPSA) is 65.1 Å². The van der Waals surface area contributed by atoms with Gasteiger partial charge >= 0.3 is 0 Å². The number of amides is 2. The number of imide groups is 1. The van der Waals surface area contributed by atoms with Gasteiger partial charge in [-0.05, 0) is 63.6 Å². The van der Waals surface area contributed by atoms with Crippen LogP contribution in [-0.2, 0) is 9.59 Å². The number of hydrogen-bond acceptors (Lipinski definition) is 6. The van der Waals surface area contributed by atoms with Gasteiger partial charge in [-0.3, -0.25) is 19.4 Å². The number of ether oxygens (including phenoxy) is 1. The van der Waals surface area contributed by atoms with Crippen LogP contribution in [0.3, 0.4) is 0 Å². The minimum atomic E-state index is -0.159. The number of anilines is 1. The second kappa shape index (κ2) is 10.4. The van der Waals surface area contributed by atoms with Gasteiger partial charge < -0.3 is 15.0 Å². The average molecular weight is 455 g/mol. The summed E-state index contributed by atoms with van der Waals surface area (Å²) in [4.78, 5) is 31.4. The molecule has 7 heteroatoms. The van der Waals surface area contributed by atoms with Crippen molar-refractivity contribution in [1.29, 1.82) is 0 Å². The molecule has 2 heterocycles. The van der Waals surface area contributed by atoms with E-state index >= 15 is 0 Å². The minimum Gasteiger partial charge on any atom is -0.488 e. The Morgan fingerprint density at radius 2 is 1.70 bits per heavy atom. The molecule has 0 radical (unpaired) electrons. The molecule has 1 unspecified atom stereocenters. The van der Waals surface area contributed by atoms with Crippen molar-refractivity contribution < 1.29 is 14.3 Å². The summed E-state index contributed by atoms with van der Waals surface area (Å²) in [5.41, 5.74) is 1.21. The Hall–Kier alpha value is -2.12. The number of carbonyl (C=O) groups excluding carboxylic acids is 2. The van der Waals surface area contributed by atoms with Crippen molar-refractivity contribution in [3.05, 3.63) is 24.3 Å². The van der Waals surface area contributed by atoms with E-state index in [9.17, 15) is 9.59 Å². The van der Waals surface area contributed by atoms with Gasteiger partial charge in [-0.2, -0.15) is 0 Å². The lowest BCUT2D eigenvalue weighted by molar-refractivity contribution is -0.139. The Kier molecular flexibility index (Phi) is 7.16. The summed E-state index contributed by atoms with van der Waals surface area (Å²) < 4.78 is 6.34. The predicted octanol–water partition coefficient (Wildman–Crippen LogP) is 2.65. The molecule has 2 saturated carbocycles. The highest BCUT2D eigenvalue weighted by atomic mass is 16.5. The van der Waals surface area contributed by atoms with Crippen LogP contribution in [0.5, 0.6) is 5.75 Å². The molecular formula is C26H38N4O3. The highest BCUT2D eigenvalue weighted by Crippen LogP contribution is 2.32. The molecule has 4 aliphatic rings. The summed E-state index contributed by atoms with van der Waals surface area (Å²) in [5, 5.41) is 3.40. The van der Waals surface area contributed by atoms with Crippen LogP contribution in [-0.4, -0.2) is 79.6 Å².